The van der Waals surface area contributed by atoms with Crippen LogP contribution in [0.25, 0.3) is 0 Å². The van der Waals surface area contributed by atoms with Gasteiger partial charge in [0.25, 0.3) is 0 Å². The first-order chi connectivity index (χ1) is 7.93. The largest absolute Gasteiger partial charge is 0.416 e. The van der Waals surface area contributed by atoms with Crippen LogP contribution in [0.15, 0.2) is 24.3 Å². The summed E-state index contributed by atoms with van der Waals surface area (Å²) in [5.74, 6) is 0.0831. The molecule has 0 heterocycles. The van der Waals surface area contributed by atoms with Gasteiger partial charge in [0, 0.05) is 12.0 Å². The van der Waals surface area contributed by atoms with Crippen molar-refractivity contribution in [2.75, 3.05) is 13.2 Å². The molecule has 0 unspecified atom stereocenters. The van der Waals surface area contributed by atoms with Gasteiger partial charge in [0.1, 0.15) is 0 Å². The molecule has 2 rings (SSSR count). The molecule has 0 amide bonds. The molecule has 3 N–H and O–H groups in total. The number of benzene rings is 1. The highest BCUT2D eigenvalue weighted by Gasteiger charge is 2.53. The van der Waals surface area contributed by atoms with Gasteiger partial charge in [-0.1, -0.05) is 12.1 Å². The van der Waals surface area contributed by atoms with Crippen LogP contribution >= 0.6 is 0 Å². The van der Waals surface area contributed by atoms with E-state index in [0.717, 1.165) is 24.1 Å². The van der Waals surface area contributed by atoms with E-state index in [1.807, 2.05) is 0 Å². The van der Waals surface area contributed by atoms with E-state index in [-0.39, 0.29) is 17.9 Å². The van der Waals surface area contributed by atoms with E-state index in [4.69, 9.17) is 5.73 Å². The first kappa shape index (κ1) is 12.4. The van der Waals surface area contributed by atoms with Crippen molar-refractivity contribution in [1.29, 1.82) is 0 Å². The van der Waals surface area contributed by atoms with Crippen molar-refractivity contribution in [3.05, 3.63) is 35.4 Å². The molecule has 2 atom stereocenters. The Balaban J connectivity index is 2.16. The number of halogens is 3. The molecule has 1 saturated carbocycles. The first-order valence-electron chi connectivity index (χ1n) is 5.41. The summed E-state index contributed by atoms with van der Waals surface area (Å²) in [6.45, 7) is 0.338. The van der Waals surface area contributed by atoms with Crippen molar-refractivity contribution >= 4 is 0 Å². The average Bonchev–Trinajstić information content (AvgIpc) is 3.03. The smallest absolute Gasteiger partial charge is 0.396 e. The Morgan fingerprint density at radius 3 is 2.24 bits per heavy atom. The summed E-state index contributed by atoms with van der Waals surface area (Å²) in [7, 11) is 0. The van der Waals surface area contributed by atoms with Crippen LogP contribution in [-0.4, -0.2) is 18.3 Å². The van der Waals surface area contributed by atoms with Crippen LogP contribution < -0.4 is 5.73 Å². The second kappa shape index (κ2) is 3.99. The second-order valence-corrected chi connectivity index (χ2v) is 4.60. The van der Waals surface area contributed by atoms with Crippen LogP contribution in [0.2, 0.25) is 0 Å². The number of nitrogens with two attached hydrogens (primary N) is 1. The highest BCUT2D eigenvalue weighted by Crippen LogP contribution is 2.58. The maximum Gasteiger partial charge on any atom is 0.416 e. The molecule has 0 bridgehead atoms. The Kier molecular flexibility index (Phi) is 2.91. The lowest BCUT2D eigenvalue weighted by Gasteiger charge is -2.12. The van der Waals surface area contributed by atoms with Gasteiger partial charge in [0.05, 0.1) is 12.2 Å². The molecule has 1 aliphatic carbocycles. The minimum atomic E-state index is -4.30. The van der Waals surface area contributed by atoms with Crippen LogP contribution in [0.5, 0.6) is 0 Å². The highest BCUT2D eigenvalue weighted by molar-refractivity contribution is 5.33. The maximum absolute atomic E-state index is 12.4. The summed E-state index contributed by atoms with van der Waals surface area (Å²) in [5.41, 5.74) is 5.41. The molecule has 1 aliphatic rings. The van der Waals surface area contributed by atoms with Crippen molar-refractivity contribution in [1.82, 2.24) is 0 Å². The molecule has 17 heavy (non-hydrogen) atoms. The monoisotopic (exact) mass is 245 g/mol. The number of hydrogen-bond acceptors (Lipinski definition) is 2. The van der Waals surface area contributed by atoms with Crippen LogP contribution in [0.3, 0.4) is 0 Å². The Morgan fingerprint density at radius 2 is 1.88 bits per heavy atom. The normalized spacial score (nSPS) is 28.2. The van der Waals surface area contributed by atoms with Gasteiger partial charge in [-0.2, -0.15) is 13.2 Å². The molecular formula is C12H14F3NO. The third kappa shape index (κ3) is 2.17. The summed E-state index contributed by atoms with van der Waals surface area (Å²) in [4.78, 5) is 0. The van der Waals surface area contributed by atoms with Crippen molar-refractivity contribution in [3.63, 3.8) is 0 Å². The Bertz CT molecular complexity index is 395. The fourth-order valence-electron chi connectivity index (χ4n) is 2.19. The minimum absolute atomic E-state index is 0.0187. The predicted molar refractivity (Wildman–Crippen MR) is 57.4 cm³/mol. The third-order valence-corrected chi connectivity index (χ3v) is 3.55. The standard InChI is InChI=1S/C12H14F3NO/c13-12(14,15)9-3-1-8(2-4-9)10-5-11(10,6-16)7-17/h1-4,10,17H,5-7,16H2/t10-,11+/m1/s1. The highest BCUT2D eigenvalue weighted by atomic mass is 19.4. The van der Waals surface area contributed by atoms with Crippen LogP contribution in [-0.2, 0) is 6.18 Å². The van der Waals surface area contributed by atoms with Gasteiger partial charge in [-0.05, 0) is 30.0 Å². The fraction of sp³-hybridized carbons (Fsp3) is 0.500. The lowest BCUT2D eigenvalue weighted by Crippen LogP contribution is -2.21. The van der Waals surface area contributed by atoms with Gasteiger partial charge >= 0.3 is 6.18 Å². The van der Waals surface area contributed by atoms with Crippen molar-refractivity contribution in [3.8, 4) is 0 Å². The van der Waals surface area contributed by atoms with Crippen molar-refractivity contribution in [2.24, 2.45) is 11.1 Å². The molecule has 1 aromatic rings. The fourth-order valence-corrected chi connectivity index (χ4v) is 2.19. The third-order valence-electron chi connectivity index (χ3n) is 3.55. The number of aliphatic hydroxyl groups excluding tert-OH is 1. The SMILES string of the molecule is NC[C@]1(CO)C[C@@H]1c1ccc(C(F)(F)F)cc1. The van der Waals surface area contributed by atoms with E-state index in [9.17, 15) is 18.3 Å². The van der Waals surface area contributed by atoms with Crippen molar-refractivity contribution < 1.29 is 18.3 Å². The summed E-state index contributed by atoms with van der Waals surface area (Å²) < 4.78 is 37.1. The van der Waals surface area contributed by atoms with E-state index in [2.05, 4.69) is 0 Å². The molecular weight excluding hydrogens is 231 g/mol. The topological polar surface area (TPSA) is 46.2 Å². The summed E-state index contributed by atoms with van der Waals surface area (Å²) in [5, 5.41) is 9.21. The van der Waals surface area contributed by atoms with Gasteiger partial charge in [-0.3, -0.25) is 0 Å². The van der Waals surface area contributed by atoms with Crippen LogP contribution in [0, 0.1) is 5.41 Å². The summed E-state index contributed by atoms with van der Waals surface area (Å²) >= 11 is 0. The van der Waals surface area contributed by atoms with Gasteiger partial charge in [-0.25, -0.2) is 0 Å². The molecule has 0 aliphatic heterocycles. The van der Waals surface area contributed by atoms with E-state index < -0.39 is 11.7 Å². The number of aliphatic hydroxyl groups is 1. The molecule has 2 nitrogen and oxygen atoms in total. The molecule has 1 aromatic carbocycles. The predicted octanol–water partition coefficient (Wildman–Crippen LogP) is 2.13. The minimum Gasteiger partial charge on any atom is -0.396 e. The van der Waals surface area contributed by atoms with Gasteiger partial charge < -0.3 is 10.8 Å². The number of rotatable bonds is 3. The van der Waals surface area contributed by atoms with Gasteiger partial charge in [0.15, 0.2) is 0 Å². The molecule has 0 aromatic heterocycles. The van der Waals surface area contributed by atoms with Crippen LogP contribution in [0.1, 0.15) is 23.5 Å². The van der Waals surface area contributed by atoms with Gasteiger partial charge in [-0.15, -0.1) is 0 Å². The lowest BCUT2D eigenvalue weighted by atomic mass is 9.99. The number of hydrogen-bond donors (Lipinski definition) is 2. The first-order valence-corrected chi connectivity index (χ1v) is 5.41. The zero-order chi connectivity index (χ0) is 12.7. The van der Waals surface area contributed by atoms with E-state index >= 15 is 0 Å². The van der Waals surface area contributed by atoms with E-state index in [1.54, 1.807) is 0 Å². The zero-order valence-electron chi connectivity index (χ0n) is 9.17. The molecule has 0 spiro atoms. The Morgan fingerprint density at radius 1 is 1.29 bits per heavy atom. The Hall–Kier alpha value is -1.07. The molecule has 1 fully saturated rings. The van der Waals surface area contributed by atoms with E-state index in [1.165, 1.54) is 12.1 Å². The number of alkyl halides is 3. The molecule has 94 valence electrons. The zero-order valence-corrected chi connectivity index (χ0v) is 9.17. The maximum atomic E-state index is 12.4. The lowest BCUT2D eigenvalue weighted by molar-refractivity contribution is -0.137. The molecule has 0 saturated heterocycles. The van der Waals surface area contributed by atoms with Gasteiger partial charge in [0.2, 0.25) is 0 Å². The molecule has 0 radical (unpaired) electrons. The summed E-state index contributed by atoms with van der Waals surface area (Å²) in [6.07, 6.45) is -3.56. The molecule has 5 heteroatoms. The second-order valence-electron chi connectivity index (χ2n) is 4.60. The summed E-state index contributed by atoms with van der Waals surface area (Å²) in [6, 6.07) is 5.10. The van der Waals surface area contributed by atoms with E-state index in [0.29, 0.717) is 6.54 Å². The quantitative estimate of drug-likeness (QED) is 0.857. The van der Waals surface area contributed by atoms with Crippen LogP contribution in [0.4, 0.5) is 13.2 Å². The average molecular weight is 245 g/mol. The van der Waals surface area contributed by atoms with Crippen molar-refractivity contribution in [2.45, 2.75) is 18.5 Å². The Labute approximate surface area is 97.2 Å².